The summed E-state index contributed by atoms with van der Waals surface area (Å²) < 4.78 is 42.2. The van der Waals surface area contributed by atoms with Gasteiger partial charge in [0, 0.05) is 20.1 Å². The highest BCUT2D eigenvalue weighted by atomic mass is 31.2. The maximum absolute atomic E-state index is 14.1. The summed E-state index contributed by atoms with van der Waals surface area (Å²) in [5.41, 5.74) is 2.21. The van der Waals surface area contributed by atoms with Crippen LogP contribution in [0.4, 0.5) is 0 Å². The van der Waals surface area contributed by atoms with Crippen LogP contribution < -0.4 is 15.4 Å². The Bertz CT molecular complexity index is 1580. The number of ether oxygens (including phenoxy) is 2. The number of aliphatic hydroxyl groups excluding tert-OH is 1. The minimum atomic E-state index is -3.71. The number of morpholine rings is 1. The Hall–Kier alpha value is -2.85. The molecule has 1 aromatic carbocycles. The van der Waals surface area contributed by atoms with Crippen LogP contribution in [0.3, 0.4) is 0 Å². The summed E-state index contributed by atoms with van der Waals surface area (Å²) in [4.78, 5) is 57.1. The molecule has 1 aliphatic heterocycles. The number of nitrogens with zero attached hydrogens (tertiary/aromatic N) is 2. The topological polar surface area (TPSA) is 182 Å². The second-order valence-electron chi connectivity index (χ2n) is 18.4. The van der Waals surface area contributed by atoms with E-state index in [1.54, 1.807) is 24.8 Å². The fourth-order valence-electron chi connectivity index (χ4n) is 8.87. The summed E-state index contributed by atoms with van der Waals surface area (Å²) in [5, 5.41) is 16.3. The number of benzene rings is 1. The minimum absolute atomic E-state index is 0.0898. The maximum atomic E-state index is 14.1. The zero-order valence-corrected chi connectivity index (χ0v) is 43.6. The molecule has 374 valence electrons. The first-order valence-electron chi connectivity index (χ1n) is 24.5. The number of aliphatic hydroxyl groups is 1. The van der Waals surface area contributed by atoms with Gasteiger partial charge in [0.15, 0.2) is 8.32 Å². The number of nitrogens with one attached hydrogen (secondary N) is 2. The Balaban J connectivity index is 2.35. The molecule has 1 heterocycles. The predicted octanol–water partition coefficient (Wildman–Crippen LogP) is 8.27. The van der Waals surface area contributed by atoms with Crippen LogP contribution in [0.1, 0.15) is 149 Å². The lowest BCUT2D eigenvalue weighted by molar-refractivity contribution is -0.137. The van der Waals surface area contributed by atoms with E-state index in [-0.39, 0.29) is 63.2 Å². The lowest BCUT2D eigenvalue weighted by atomic mass is 10.0. The smallest absolute Gasteiger partial charge is 0.340 e. The van der Waals surface area contributed by atoms with Gasteiger partial charge in [0.2, 0.25) is 17.7 Å². The third-order valence-corrected chi connectivity index (χ3v) is 20.3. The summed E-state index contributed by atoms with van der Waals surface area (Å²) >= 11 is 0. The molecule has 4 amide bonds. The molecule has 2 atom stereocenters. The largest absolute Gasteiger partial charge is 0.491 e. The predicted molar refractivity (Wildman–Crippen MR) is 260 cm³/mol. The molecule has 1 unspecified atom stereocenters. The van der Waals surface area contributed by atoms with Crippen LogP contribution in [0, 0.1) is 0 Å². The molecule has 0 spiro atoms. The first-order valence-corrected chi connectivity index (χ1v) is 28.4. The normalized spacial score (nSPS) is 14.5. The number of aryl methyl sites for hydroxylation is 1. The average molecular weight is 955 g/mol. The Kier molecular flexibility index (Phi) is 28.0. The molecule has 0 aromatic heterocycles. The maximum Gasteiger partial charge on any atom is 0.340 e. The molecular weight excluding hydrogens is 868 g/mol. The van der Waals surface area contributed by atoms with Crippen LogP contribution in [-0.4, -0.2) is 138 Å². The number of hydrogen-bond donors (Lipinski definition) is 3. The van der Waals surface area contributed by atoms with E-state index in [4.69, 9.17) is 22.9 Å². The summed E-state index contributed by atoms with van der Waals surface area (Å²) in [6.07, 6.45) is 12.3. The van der Waals surface area contributed by atoms with Gasteiger partial charge in [-0.25, -0.2) is 0 Å². The Labute approximate surface area is 392 Å². The van der Waals surface area contributed by atoms with Crippen LogP contribution in [0.2, 0.25) is 16.6 Å². The van der Waals surface area contributed by atoms with Gasteiger partial charge in [-0.05, 0) is 61.0 Å². The molecule has 15 nitrogen and oxygen atoms in total. The molecule has 2 rings (SSSR count). The van der Waals surface area contributed by atoms with E-state index < -0.39 is 51.9 Å². The van der Waals surface area contributed by atoms with Crippen LogP contribution in [0.15, 0.2) is 18.2 Å². The molecule has 1 aliphatic rings. The van der Waals surface area contributed by atoms with Crippen molar-refractivity contribution in [3.63, 3.8) is 0 Å². The van der Waals surface area contributed by atoms with Gasteiger partial charge in [-0.3, -0.25) is 23.7 Å². The van der Waals surface area contributed by atoms with E-state index >= 15 is 0 Å². The third-order valence-electron chi connectivity index (χ3n) is 12.3. The van der Waals surface area contributed by atoms with Gasteiger partial charge in [0.1, 0.15) is 18.5 Å². The standard InChI is InChI=1S/C48H87N4O11PSi/c1-11-14-15-16-17-18-19-20-21-22-23-40-24-25-43(48(57)50-42(33-53)35-63-65(37(4)5,38(6)7)39(8)9)44(30-40)60-34-41(31-46(55)52-26-28-59-29-27-52)49-45(54)32-51(10)47(56)36-64(58,61-12-2)62-13-3/h24-25,30,37-39,41-42,53H,11-23,26-29,31-36H2,1-10H3,(H,49,54)(H,50,57)/t41-,42?/m0/s1. The van der Waals surface area contributed by atoms with Gasteiger partial charge in [-0.2, -0.15) is 0 Å². The third kappa shape index (κ3) is 20.5. The van der Waals surface area contributed by atoms with E-state index in [9.17, 15) is 28.8 Å². The molecular formula is C48H87N4O11PSi. The molecule has 65 heavy (non-hydrogen) atoms. The highest BCUT2D eigenvalue weighted by Crippen LogP contribution is 2.48. The van der Waals surface area contributed by atoms with Crippen LogP contribution >= 0.6 is 7.60 Å². The fraction of sp³-hybridized carbons (Fsp3) is 0.792. The highest BCUT2D eigenvalue weighted by Gasteiger charge is 2.45. The van der Waals surface area contributed by atoms with Crippen molar-refractivity contribution in [3.8, 4) is 5.75 Å². The lowest BCUT2D eigenvalue weighted by Gasteiger charge is -2.43. The number of rotatable bonds is 34. The molecule has 1 aromatic rings. The Morgan fingerprint density at radius 2 is 1.38 bits per heavy atom. The Morgan fingerprint density at radius 1 is 0.815 bits per heavy atom. The summed E-state index contributed by atoms with van der Waals surface area (Å²) in [5.74, 6) is -1.53. The average Bonchev–Trinajstić information content (AvgIpc) is 3.25. The van der Waals surface area contributed by atoms with Crippen molar-refractivity contribution < 1.29 is 51.8 Å². The van der Waals surface area contributed by atoms with E-state index in [1.165, 1.54) is 52.0 Å². The molecule has 0 radical (unpaired) electrons. The van der Waals surface area contributed by atoms with E-state index in [0.717, 1.165) is 36.1 Å². The number of carbonyl (C=O) groups is 4. The van der Waals surface area contributed by atoms with Crippen LogP contribution in [0.5, 0.6) is 5.75 Å². The molecule has 1 fully saturated rings. The van der Waals surface area contributed by atoms with E-state index in [1.807, 2.05) is 12.1 Å². The van der Waals surface area contributed by atoms with Crippen molar-refractivity contribution in [2.75, 3.05) is 79.1 Å². The first-order chi connectivity index (χ1) is 31.0. The number of carbonyl (C=O) groups excluding carboxylic acids is 4. The SMILES string of the molecule is CCCCCCCCCCCCc1ccc(C(=O)NC(CO)CO[Si](C(C)C)(C(C)C)C(C)C)c(OC[C@H](CC(=O)N2CCOCC2)NC(=O)CN(C)C(=O)CP(=O)(OCC)OCC)c1. The van der Waals surface area contributed by atoms with Gasteiger partial charge >= 0.3 is 7.60 Å². The van der Waals surface area contributed by atoms with Crippen molar-refractivity contribution in [2.24, 2.45) is 0 Å². The van der Waals surface area contributed by atoms with Crippen molar-refractivity contribution in [3.05, 3.63) is 29.3 Å². The molecule has 1 saturated heterocycles. The van der Waals surface area contributed by atoms with Crippen molar-refractivity contribution in [2.45, 2.75) is 168 Å². The number of unbranched alkanes of at least 4 members (excludes halogenated alkanes) is 9. The zero-order valence-electron chi connectivity index (χ0n) is 41.8. The van der Waals surface area contributed by atoms with Gasteiger partial charge in [-0.15, -0.1) is 0 Å². The number of likely N-dealkylation sites (N-methyl/N-ethyl adjacent to an activating group) is 1. The second kappa shape index (κ2) is 31.2. The first kappa shape index (κ1) is 58.3. The van der Waals surface area contributed by atoms with E-state index in [2.05, 4.69) is 59.1 Å². The van der Waals surface area contributed by atoms with Crippen molar-refractivity contribution in [1.29, 1.82) is 0 Å². The molecule has 0 saturated carbocycles. The van der Waals surface area contributed by atoms with Crippen LogP contribution in [-0.2, 0) is 43.6 Å². The highest BCUT2D eigenvalue weighted by molar-refractivity contribution is 7.54. The number of amides is 4. The second-order valence-corrected chi connectivity index (χ2v) is 25.9. The summed E-state index contributed by atoms with van der Waals surface area (Å²) in [7, 11) is -4.58. The van der Waals surface area contributed by atoms with Gasteiger partial charge in [-0.1, -0.05) is 112 Å². The van der Waals surface area contributed by atoms with Crippen molar-refractivity contribution in [1.82, 2.24) is 20.4 Å². The fourth-order valence-corrected chi connectivity index (χ4v) is 16.0. The van der Waals surface area contributed by atoms with Gasteiger partial charge < -0.3 is 48.5 Å². The minimum Gasteiger partial charge on any atom is -0.491 e. The molecule has 17 heteroatoms. The molecule has 0 bridgehead atoms. The number of hydrogen-bond acceptors (Lipinski definition) is 11. The van der Waals surface area contributed by atoms with Gasteiger partial charge in [0.05, 0.1) is 70.3 Å². The van der Waals surface area contributed by atoms with Crippen molar-refractivity contribution >= 4 is 39.5 Å². The zero-order chi connectivity index (χ0) is 48.4. The quantitative estimate of drug-likeness (QED) is 0.0344. The van der Waals surface area contributed by atoms with Gasteiger partial charge in [0.25, 0.3) is 5.91 Å². The molecule has 3 N–H and O–H groups in total. The summed E-state index contributed by atoms with van der Waals surface area (Å²) in [6, 6.07) is 4.00. The molecule has 0 aliphatic carbocycles. The lowest BCUT2D eigenvalue weighted by Crippen LogP contribution is -2.51. The summed E-state index contributed by atoms with van der Waals surface area (Å²) in [6.45, 7) is 19.8. The Morgan fingerprint density at radius 3 is 1.92 bits per heavy atom. The monoisotopic (exact) mass is 955 g/mol. The van der Waals surface area contributed by atoms with E-state index in [0.29, 0.717) is 42.9 Å². The van der Waals surface area contributed by atoms with Crippen LogP contribution in [0.25, 0.3) is 0 Å².